The molecule has 7 nitrogen and oxygen atoms in total. The normalized spacial score (nSPS) is 10.5. The number of hydrogen-bond acceptors (Lipinski definition) is 6. The Kier molecular flexibility index (Phi) is 6.23. The first-order chi connectivity index (χ1) is 15.2. The molecule has 1 heterocycles. The number of ether oxygens (including phenoxy) is 2. The van der Waals surface area contributed by atoms with Gasteiger partial charge in [-0.05, 0) is 55.5 Å². The van der Waals surface area contributed by atoms with Crippen LogP contribution in [0.15, 0.2) is 83.4 Å². The van der Waals surface area contributed by atoms with Crippen molar-refractivity contribution >= 4 is 11.6 Å². The summed E-state index contributed by atoms with van der Waals surface area (Å²) in [6, 6.07) is 23.9. The average molecular weight is 415 g/mol. The van der Waals surface area contributed by atoms with Crippen LogP contribution in [0.1, 0.15) is 6.92 Å². The molecule has 0 saturated heterocycles. The summed E-state index contributed by atoms with van der Waals surface area (Å²) in [4.78, 5) is 16.5. The van der Waals surface area contributed by atoms with Gasteiger partial charge < -0.3 is 19.3 Å². The second-order valence-electron chi connectivity index (χ2n) is 6.61. The zero-order chi connectivity index (χ0) is 21.5. The predicted molar refractivity (Wildman–Crippen MR) is 117 cm³/mol. The van der Waals surface area contributed by atoms with Crippen LogP contribution in [0.4, 0.5) is 5.69 Å². The Balaban J connectivity index is 1.31. The van der Waals surface area contributed by atoms with Gasteiger partial charge in [0.2, 0.25) is 5.82 Å². The van der Waals surface area contributed by atoms with Crippen molar-refractivity contribution < 1.29 is 18.8 Å². The smallest absolute Gasteiger partial charge is 0.262 e. The molecule has 0 saturated carbocycles. The molecule has 1 aromatic heterocycles. The first kappa shape index (κ1) is 20.2. The maximum atomic E-state index is 12.1. The molecular formula is C24H21N3O4. The number of amides is 1. The fourth-order valence-electron chi connectivity index (χ4n) is 2.89. The molecule has 156 valence electrons. The van der Waals surface area contributed by atoms with Crippen molar-refractivity contribution in [1.29, 1.82) is 0 Å². The topological polar surface area (TPSA) is 86.5 Å². The van der Waals surface area contributed by atoms with Gasteiger partial charge in [0.15, 0.2) is 6.61 Å². The maximum Gasteiger partial charge on any atom is 0.262 e. The zero-order valence-electron chi connectivity index (χ0n) is 16.9. The summed E-state index contributed by atoms with van der Waals surface area (Å²) < 4.78 is 16.3. The lowest BCUT2D eigenvalue weighted by atomic mass is 10.2. The Morgan fingerprint density at radius 2 is 1.55 bits per heavy atom. The minimum absolute atomic E-state index is 0.106. The van der Waals surface area contributed by atoms with Crippen molar-refractivity contribution in [3.63, 3.8) is 0 Å². The second kappa shape index (κ2) is 9.58. The maximum absolute atomic E-state index is 12.1. The van der Waals surface area contributed by atoms with Crippen LogP contribution in [0.2, 0.25) is 0 Å². The molecule has 0 radical (unpaired) electrons. The Morgan fingerprint density at radius 1 is 0.871 bits per heavy atom. The van der Waals surface area contributed by atoms with E-state index in [4.69, 9.17) is 14.0 Å². The number of benzene rings is 3. The molecule has 31 heavy (non-hydrogen) atoms. The third kappa shape index (κ3) is 5.27. The summed E-state index contributed by atoms with van der Waals surface area (Å²) in [5.74, 6) is 2.01. The minimum atomic E-state index is -0.252. The molecule has 1 amide bonds. The van der Waals surface area contributed by atoms with Gasteiger partial charge in [0.05, 0.1) is 6.61 Å². The Hall–Kier alpha value is -4.13. The lowest BCUT2D eigenvalue weighted by Gasteiger charge is -2.09. The molecule has 4 rings (SSSR count). The lowest BCUT2D eigenvalue weighted by molar-refractivity contribution is -0.118. The van der Waals surface area contributed by atoms with Gasteiger partial charge in [-0.2, -0.15) is 4.98 Å². The quantitative estimate of drug-likeness (QED) is 0.444. The number of nitrogens with one attached hydrogen (secondary N) is 1. The van der Waals surface area contributed by atoms with Gasteiger partial charge >= 0.3 is 0 Å². The van der Waals surface area contributed by atoms with Crippen molar-refractivity contribution in [2.75, 3.05) is 18.5 Å². The van der Waals surface area contributed by atoms with Gasteiger partial charge in [0.25, 0.3) is 11.8 Å². The van der Waals surface area contributed by atoms with Crippen LogP contribution >= 0.6 is 0 Å². The largest absolute Gasteiger partial charge is 0.494 e. The molecule has 0 aliphatic heterocycles. The Bertz CT molecular complexity index is 1120. The molecule has 0 aliphatic carbocycles. The molecule has 3 aromatic carbocycles. The first-order valence-corrected chi connectivity index (χ1v) is 9.86. The Labute approximate surface area is 179 Å². The van der Waals surface area contributed by atoms with E-state index in [1.807, 2.05) is 49.4 Å². The van der Waals surface area contributed by atoms with Gasteiger partial charge in [-0.1, -0.05) is 35.5 Å². The van der Waals surface area contributed by atoms with Crippen LogP contribution in [0, 0.1) is 0 Å². The van der Waals surface area contributed by atoms with Crippen LogP contribution in [0.25, 0.3) is 22.8 Å². The van der Waals surface area contributed by atoms with E-state index in [2.05, 4.69) is 15.5 Å². The monoisotopic (exact) mass is 415 g/mol. The molecular weight excluding hydrogens is 394 g/mol. The van der Waals surface area contributed by atoms with E-state index in [0.29, 0.717) is 29.8 Å². The van der Waals surface area contributed by atoms with Crippen LogP contribution in [-0.4, -0.2) is 29.3 Å². The standard InChI is InChI=1S/C24H21N3O4/c1-2-29-20-14-10-19(11-15-20)25-22(28)16-30-21-12-8-18(9-13-21)24-26-23(27-31-24)17-6-4-3-5-7-17/h3-15H,2,16H2,1H3,(H,25,28). The number of aromatic nitrogens is 2. The number of hydrogen-bond donors (Lipinski definition) is 1. The fraction of sp³-hybridized carbons (Fsp3) is 0.125. The third-order valence-corrected chi connectivity index (χ3v) is 4.38. The van der Waals surface area contributed by atoms with Crippen molar-refractivity contribution in [2.24, 2.45) is 0 Å². The summed E-state index contributed by atoms with van der Waals surface area (Å²) >= 11 is 0. The van der Waals surface area contributed by atoms with E-state index in [-0.39, 0.29) is 12.5 Å². The second-order valence-corrected chi connectivity index (χ2v) is 6.61. The highest BCUT2D eigenvalue weighted by atomic mass is 16.5. The van der Waals surface area contributed by atoms with Crippen molar-refractivity contribution in [3.8, 4) is 34.3 Å². The zero-order valence-corrected chi connectivity index (χ0v) is 16.9. The Morgan fingerprint density at radius 3 is 2.26 bits per heavy atom. The first-order valence-electron chi connectivity index (χ1n) is 9.86. The van der Waals surface area contributed by atoms with Crippen molar-refractivity contribution in [2.45, 2.75) is 6.92 Å². The molecule has 0 bridgehead atoms. The molecule has 0 aliphatic rings. The summed E-state index contributed by atoms with van der Waals surface area (Å²) in [6.07, 6.45) is 0. The number of carbonyl (C=O) groups excluding carboxylic acids is 1. The van der Waals surface area contributed by atoms with Gasteiger partial charge in [-0.15, -0.1) is 0 Å². The molecule has 0 unspecified atom stereocenters. The van der Waals surface area contributed by atoms with E-state index in [1.54, 1.807) is 36.4 Å². The highest BCUT2D eigenvalue weighted by Gasteiger charge is 2.11. The lowest BCUT2D eigenvalue weighted by Crippen LogP contribution is -2.20. The fourth-order valence-corrected chi connectivity index (χ4v) is 2.89. The predicted octanol–water partition coefficient (Wildman–Crippen LogP) is 4.82. The van der Waals surface area contributed by atoms with Gasteiger partial charge in [0, 0.05) is 16.8 Å². The van der Waals surface area contributed by atoms with Gasteiger partial charge in [0.1, 0.15) is 11.5 Å². The summed E-state index contributed by atoms with van der Waals surface area (Å²) in [5, 5.41) is 6.81. The van der Waals surface area contributed by atoms with Crippen molar-refractivity contribution in [1.82, 2.24) is 10.1 Å². The van der Waals surface area contributed by atoms with E-state index < -0.39 is 0 Å². The van der Waals surface area contributed by atoms with Gasteiger partial charge in [-0.3, -0.25) is 4.79 Å². The number of rotatable bonds is 8. The van der Waals surface area contributed by atoms with E-state index in [9.17, 15) is 4.79 Å². The highest BCUT2D eigenvalue weighted by Crippen LogP contribution is 2.24. The van der Waals surface area contributed by atoms with Crippen LogP contribution in [0.5, 0.6) is 11.5 Å². The molecule has 4 aromatic rings. The number of nitrogens with zero attached hydrogens (tertiary/aromatic N) is 2. The molecule has 0 atom stereocenters. The number of anilines is 1. The van der Waals surface area contributed by atoms with E-state index >= 15 is 0 Å². The van der Waals surface area contributed by atoms with Crippen LogP contribution in [-0.2, 0) is 4.79 Å². The minimum Gasteiger partial charge on any atom is -0.494 e. The SMILES string of the molecule is CCOc1ccc(NC(=O)COc2ccc(-c3nc(-c4ccccc4)no3)cc2)cc1. The van der Waals surface area contributed by atoms with Crippen LogP contribution < -0.4 is 14.8 Å². The summed E-state index contributed by atoms with van der Waals surface area (Å²) in [5.41, 5.74) is 2.33. The molecule has 0 spiro atoms. The summed E-state index contributed by atoms with van der Waals surface area (Å²) in [7, 11) is 0. The number of carbonyl (C=O) groups is 1. The summed E-state index contributed by atoms with van der Waals surface area (Å²) in [6.45, 7) is 2.41. The average Bonchev–Trinajstić information content (AvgIpc) is 3.31. The molecule has 1 N–H and O–H groups in total. The molecule has 7 heteroatoms. The van der Waals surface area contributed by atoms with Crippen LogP contribution in [0.3, 0.4) is 0 Å². The van der Waals surface area contributed by atoms with E-state index in [1.165, 1.54) is 0 Å². The third-order valence-electron chi connectivity index (χ3n) is 4.38. The van der Waals surface area contributed by atoms with Gasteiger partial charge in [-0.25, -0.2) is 0 Å². The molecule has 0 fully saturated rings. The highest BCUT2D eigenvalue weighted by molar-refractivity contribution is 5.91. The van der Waals surface area contributed by atoms with E-state index in [0.717, 1.165) is 16.9 Å². The van der Waals surface area contributed by atoms with Crippen molar-refractivity contribution in [3.05, 3.63) is 78.9 Å².